The Labute approximate surface area is 152 Å². The molecule has 0 aliphatic carbocycles. The summed E-state index contributed by atoms with van der Waals surface area (Å²) >= 11 is 0. The van der Waals surface area contributed by atoms with Crippen molar-refractivity contribution in [3.05, 3.63) is 60.4 Å². The Morgan fingerprint density at radius 3 is 2.96 bits per heavy atom. The van der Waals surface area contributed by atoms with E-state index in [1.54, 1.807) is 12.4 Å². The van der Waals surface area contributed by atoms with Crippen LogP contribution in [0.3, 0.4) is 0 Å². The van der Waals surface area contributed by atoms with Crippen molar-refractivity contribution in [3.63, 3.8) is 0 Å². The molecular weight excluding hydrogens is 324 g/mol. The fourth-order valence-corrected chi connectivity index (χ4v) is 3.47. The summed E-state index contributed by atoms with van der Waals surface area (Å²) in [5, 5.41) is 7.33. The second-order valence-electron chi connectivity index (χ2n) is 6.72. The Morgan fingerprint density at radius 1 is 1.23 bits per heavy atom. The summed E-state index contributed by atoms with van der Waals surface area (Å²) in [6.07, 6.45) is 5.71. The van der Waals surface area contributed by atoms with Crippen LogP contribution < -0.4 is 10.6 Å². The number of carbonyl (C=O) groups excluding carboxylic acids is 1. The maximum absolute atomic E-state index is 12.8. The van der Waals surface area contributed by atoms with E-state index in [1.807, 2.05) is 42.5 Å². The molecular formula is C21H22N4O. The zero-order valence-electron chi connectivity index (χ0n) is 14.6. The van der Waals surface area contributed by atoms with Crippen molar-refractivity contribution in [1.82, 2.24) is 20.6 Å². The first kappa shape index (κ1) is 16.7. The minimum atomic E-state index is -0.0419. The van der Waals surface area contributed by atoms with E-state index in [4.69, 9.17) is 4.98 Å². The lowest BCUT2D eigenvalue weighted by Crippen LogP contribution is -2.26. The molecule has 26 heavy (non-hydrogen) atoms. The van der Waals surface area contributed by atoms with Crippen LogP contribution in [-0.4, -0.2) is 35.5 Å². The molecule has 0 saturated carbocycles. The third kappa shape index (κ3) is 3.58. The van der Waals surface area contributed by atoms with Gasteiger partial charge in [-0.3, -0.25) is 9.78 Å². The molecule has 1 atom stereocenters. The number of amides is 1. The van der Waals surface area contributed by atoms with E-state index in [1.165, 1.54) is 6.42 Å². The molecule has 1 amide bonds. The molecule has 1 unspecified atom stereocenters. The summed E-state index contributed by atoms with van der Waals surface area (Å²) in [5.74, 6) is 0.620. The largest absolute Gasteiger partial charge is 0.352 e. The predicted octanol–water partition coefficient (Wildman–Crippen LogP) is 3.03. The Balaban J connectivity index is 1.61. The van der Waals surface area contributed by atoms with Crippen molar-refractivity contribution in [3.8, 4) is 11.3 Å². The fourth-order valence-electron chi connectivity index (χ4n) is 3.47. The van der Waals surface area contributed by atoms with Gasteiger partial charge in [-0.1, -0.05) is 18.2 Å². The Kier molecular flexibility index (Phi) is 4.88. The third-order valence-corrected chi connectivity index (χ3v) is 4.92. The zero-order valence-corrected chi connectivity index (χ0v) is 14.6. The molecule has 5 heteroatoms. The molecule has 3 aromatic rings. The number of para-hydroxylation sites is 1. The van der Waals surface area contributed by atoms with Crippen molar-refractivity contribution >= 4 is 16.8 Å². The standard InChI is InChI=1S/C21H22N4O/c26-21(24-11-8-15-7-10-23-13-15)18-12-20(16-4-3-9-22-14-16)25-19-6-2-1-5-17(18)19/h1-6,9,12,14-15,23H,7-8,10-11,13H2,(H,24,26). The number of nitrogens with one attached hydrogen (secondary N) is 2. The highest BCUT2D eigenvalue weighted by Gasteiger charge is 2.16. The van der Waals surface area contributed by atoms with E-state index in [0.29, 0.717) is 18.0 Å². The number of hydrogen-bond acceptors (Lipinski definition) is 4. The second kappa shape index (κ2) is 7.62. The Morgan fingerprint density at radius 2 is 2.15 bits per heavy atom. The first-order valence-corrected chi connectivity index (χ1v) is 9.10. The van der Waals surface area contributed by atoms with Crippen LogP contribution in [0.25, 0.3) is 22.2 Å². The van der Waals surface area contributed by atoms with Crippen LogP contribution in [0, 0.1) is 5.92 Å². The number of nitrogens with zero attached hydrogens (tertiary/aromatic N) is 2. The lowest BCUT2D eigenvalue weighted by atomic mass is 10.0. The highest BCUT2D eigenvalue weighted by atomic mass is 16.1. The molecule has 1 saturated heterocycles. The minimum Gasteiger partial charge on any atom is -0.352 e. The van der Waals surface area contributed by atoms with E-state index in [0.717, 1.165) is 41.7 Å². The summed E-state index contributed by atoms with van der Waals surface area (Å²) in [5.41, 5.74) is 3.16. The van der Waals surface area contributed by atoms with Gasteiger partial charge in [0.1, 0.15) is 0 Å². The second-order valence-corrected chi connectivity index (χ2v) is 6.72. The van der Waals surface area contributed by atoms with Crippen molar-refractivity contribution in [2.45, 2.75) is 12.8 Å². The van der Waals surface area contributed by atoms with Crippen LogP contribution in [0.2, 0.25) is 0 Å². The van der Waals surface area contributed by atoms with Gasteiger partial charge in [0.2, 0.25) is 0 Å². The lowest BCUT2D eigenvalue weighted by Gasteiger charge is -2.12. The summed E-state index contributed by atoms with van der Waals surface area (Å²) in [7, 11) is 0. The molecule has 1 fully saturated rings. The van der Waals surface area contributed by atoms with Crippen molar-refractivity contribution in [2.75, 3.05) is 19.6 Å². The monoisotopic (exact) mass is 346 g/mol. The maximum atomic E-state index is 12.8. The highest BCUT2D eigenvalue weighted by Crippen LogP contribution is 2.24. The number of rotatable bonds is 5. The molecule has 1 aliphatic rings. The molecule has 3 heterocycles. The average Bonchev–Trinajstić information content (AvgIpc) is 3.21. The summed E-state index contributed by atoms with van der Waals surface area (Å²) in [6.45, 7) is 2.84. The molecule has 0 bridgehead atoms. The van der Waals surface area contributed by atoms with Crippen molar-refractivity contribution in [1.29, 1.82) is 0 Å². The summed E-state index contributed by atoms with van der Waals surface area (Å²) in [6, 6.07) is 13.5. The van der Waals surface area contributed by atoms with Crippen LogP contribution in [0.15, 0.2) is 54.9 Å². The first-order valence-electron chi connectivity index (χ1n) is 9.10. The summed E-state index contributed by atoms with van der Waals surface area (Å²) < 4.78 is 0. The van der Waals surface area contributed by atoms with Crippen LogP contribution in [0.4, 0.5) is 0 Å². The lowest BCUT2D eigenvalue weighted by molar-refractivity contribution is 0.0953. The van der Waals surface area contributed by atoms with Crippen molar-refractivity contribution < 1.29 is 4.79 Å². The Hall–Kier alpha value is -2.79. The number of aromatic nitrogens is 2. The maximum Gasteiger partial charge on any atom is 0.252 e. The molecule has 0 radical (unpaired) electrons. The smallest absolute Gasteiger partial charge is 0.252 e. The summed E-state index contributed by atoms with van der Waals surface area (Å²) in [4.78, 5) is 21.7. The molecule has 5 nitrogen and oxygen atoms in total. The van der Waals surface area contributed by atoms with Crippen LogP contribution in [0.1, 0.15) is 23.2 Å². The molecule has 2 N–H and O–H groups in total. The van der Waals surface area contributed by atoms with Gasteiger partial charge in [-0.25, -0.2) is 4.98 Å². The van der Waals surface area contributed by atoms with Gasteiger partial charge in [0.05, 0.1) is 16.8 Å². The molecule has 1 aromatic carbocycles. The van der Waals surface area contributed by atoms with E-state index >= 15 is 0 Å². The van der Waals surface area contributed by atoms with Crippen molar-refractivity contribution in [2.24, 2.45) is 5.92 Å². The number of hydrogen-bond donors (Lipinski definition) is 2. The zero-order chi connectivity index (χ0) is 17.8. The van der Waals surface area contributed by atoms with Gasteiger partial charge in [-0.05, 0) is 56.1 Å². The van der Waals surface area contributed by atoms with Gasteiger partial charge in [-0.15, -0.1) is 0 Å². The van der Waals surface area contributed by atoms with Gasteiger partial charge < -0.3 is 10.6 Å². The number of fused-ring (bicyclic) bond motifs is 1. The third-order valence-electron chi connectivity index (χ3n) is 4.92. The normalized spacial score (nSPS) is 16.7. The van der Waals surface area contributed by atoms with Gasteiger partial charge in [0, 0.05) is 29.9 Å². The van der Waals surface area contributed by atoms with Crippen LogP contribution in [0.5, 0.6) is 0 Å². The van der Waals surface area contributed by atoms with Gasteiger partial charge in [0.15, 0.2) is 0 Å². The van der Waals surface area contributed by atoms with E-state index < -0.39 is 0 Å². The van der Waals surface area contributed by atoms with E-state index in [9.17, 15) is 4.79 Å². The average molecular weight is 346 g/mol. The molecule has 4 rings (SSSR count). The molecule has 132 valence electrons. The Bertz CT molecular complexity index is 904. The van der Waals surface area contributed by atoms with Gasteiger partial charge in [0.25, 0.3) is 5.91 Å². The van der Waals surface area contributed by atoms with E-state index in [2.05, 4.69) is 15.6 Å². The SMILES string of the molecule is O=C(NCCC1CCNC1)c1cc(-c2cccnc2)nc2ccccc12. The fraction of sp³-hybridized carbons (Fsp3) is 0.286. The quantitative estimate of drug-likeness (QED) is 0.745. The number of carbonyl (C=O) groups is 1. The number of benzene rings is 1. The minimum absolute atomic E-state index is 0.0419. The predicted molar refractivity (Wildman–Crippen MR) is 103 cm³/mol. The topological polar surface area (TPSA) is 66.9 Å². The van der Waals surface area contributed by atoms with E-state index in [-0.39, 0.29) is 5.91 Å². The molecule has 1 aliphatic heterocycles. The molecule has 2 aromatic heterocycles. The van der Waals surface area contributed by atoms with Crippen LogP contribution in [-0.2, 0) is 0 Å². The van der Waals surface area contributed by atoms with Crippen LogP contribution >= 0.6 is 0 Å². The number of pyridine rings is 2. The molecule has 0 spiro atoms. The first-order chi connectivity index (χ1) is 12.8. The highest BCUT2D eigenvalue weighted by molar-refractivity contribution is 6.07. The van der Waals surface area contributed by atoms with Gasteiger partial charge >= 0.3 is 0 Å². The van der Waals surface area contributed by atoms with Gasteiger partial charge in [-0.2, -0.15) is 0 Å².